The molecule has 24 heavy (non-hydrogen) atoms. The number of amides is 1. The fourth-order valence-electron chi connectivity index (χ4n) is 4.31. The summed E-state index contributed by atoms with van der Waals surface area (Å²) in [5.74, 6) is 1.05. The number of esters is 1. The molecule has 3 atom stereocenters. The van der Waals surface area contributed by atoms with Gasteiger partial charge in [0.2, 0.25) is 5.91 Å². The Balaban J connectivity index is 1.64. The molecule has 2 saturated carbocycles. The number of ether oxygens (including phenoxy) is 1. The van der Waals surface area contributed by atoms with Gasteiger partial charge >= 0.3 is 5.97 Å². The van der Waals surface area contributed by atoms with Crippen LogP contribution in [-0.4, -0.2) is 18.5 Å². The van der Waals surface area contributed by atoms with Crippen LogP contribution in [0.3, 0.4) is 0 Å². The maximum atomic E-state index is 12.8. The van der Waals surface area contributed by atoms with Crippen LogP contribution in [0.1, 0.15) is 43.0 Å². The fourth-order valence-corrected chi connectivity index (χ4v) is 5.40. The number of fused-ring (bicyclic) bond motifs is 3. The van der Waals surface area contributed by atoms with Crippen molar-refractivity contribution < 1.29 is 14.3 Å². The predicted octanol–water partition coefficient (Wildman–Crippen LogP) is 4.45. The van der Waals surface area contributed by atoms with Crippen molar-refractivity contribution in [2.45, 2.75) is 32.6 Å². The number of anilines is 1. The summed E-state index contributed by atoms with van der Waals surface area (Å²) in [5, 5.41) is 4.52. The first-order valence-electron chi connectivity index (χ1n) is 8.67. The second-order valence-corrected chi connectivity index (χ2v) is 7.85. The third-order valence-corrected chi connectivity index (χ3v) is 6.47. The largest absolute Gasteiger partial charge is 0.462 e. The Bertz CT molecular complexity index is 797. The first-order chi connectivity index (χ1) is 11.7. The molecule has 4 nitrogen and oxygen atoms in total. The van der Waals surface area contributed by atoms with E-state index >= 15 is 0 Å². The van der Waals surface area contributed by atoms with E-state index in [0.717, 1.165) is 22.4 Å². The molecule has 1 heterocycles. The van der Waals surface area contributed by atoms with Crippen LogP contribution in [0.5, 0.6) is 0 Å². The van der Waals surface area contributed by atoms with Crippen LogP contribution >= 0.6 is 11.3 Å². The number of thiophene rings is 1. The summed E-state index contributed by atoms with van der Waals surface area (Å²) in [4.78, 5) is 25.2. The van der Waals surface area contributed by atoms with Crippen LogP contribution in [-0.2, 0) is 9.53 Å². The van der Waals surface area contributed by atoms with Gasteiger partial charge in [-0.3, -0.25) is 4.79 Å². The molecule has 126 valence electrons. The molecule has 2 aliphatic rings. The van der Waals surface area contributed by atoms with Crippen LogP contribution in [0.2, 0.25) is 0 Å². The lowest BCUT2D eigenvalue weighted by Gasteiger charge is -2.20. The number of hydrogen-bond acceptors (Lipinski definition) is 4. The standard InChI is InChI=1S/C19H21NO3S/c1-2-23-19(22)16-13-5-3-4-6-15(13)24-18(16)20-17(21)14-10-11-7-8-12(14)9-11/h3-6,11-12,14H,2,7-10H2,1H3,(H,20,21). The van der Waals surface area contributed by atoms with E-state index in [0.29, 0.717) is 23.1 Å². The third kappa shape index (κ3) is 2.61. The summed E-state index contributed by atoms with van der Waals surface area (Å²) in [6.45, 7) is 2.11. The number of benzene rings is 1. The maximum absolute atomic E-state index is 12.8. The summed E-state index contributed by atoms with van der Waals surface area (Å²) in [6.07, 6.45) is 4.62. The molecule has 2 aromatic rings. The van der Waals surface area contributed by atoms with Gasteiger partial charge in [0.25, 0.3) is 0 Å². The molecule has 1 amide bonds. The van der Waals surface area contributed by atoms with E-state index < -0.39 is 0 Å². The number of rotatable bonds is 4. The van der Waals surface area contributed by atoms with Crippen molar-refractivity contribution in [3.63, 3.8) is 0 Å². The Kier molecular flexibility index (Phi) is 4.04. The summed E-state index contributed by atoms with van der Waals surface area (Å²) in [5.41, 5.74) is 0.494. The molecular formula is C19H21NO3S. The van der Waals surface area contributed by atoms with Gasteiger partial charge in [-0.25, -0.2) is 4.79 Å². The van der Waals surface area contributed by atoms with Crippen LogP contribution < -0.4 is 5.32 Å². The Morgan fingerprint density at radius 3 is 2.79 bits per heavy atom. The predicted molar refractivity (Wildman–Crippen MR) is 95.3 cm³/mol. The zero-order valence-corrected chi connectivity index (χ0v) is 14.5. The molecule has 1 N–H and O–H groups in total. The van der Waals surface area contributed by atoms with Gasteiger partial charge in [-0.1, -0.05) is 24.6 Å². The van der Waals surface area contributed by atoms with Crippen molar-refractivity contribution in [1.82, 2.24) is 0 Å². The Morgan fingerprint density at radius 1 is 1.25 bits per heavy atom. The van der Waals surface area contributed by atoms with Crippen molar-refractivity contribution in [3.05, 3.63) is 29.8 Å². The average molecular weight is 343 g/mol. The summed E-state index contributed by atoms with van der Waals surface area (Å²) < 4.78 is 6.20. The molecule has 2 aliphatic carbocycles. The number of carbonyl (C=O) groups excluding carboxylic acids is 2. The zero-order valence-electron chi connectivity index (χ0n) is 13.7. The summed E-state index contributed by atoms with van der Waals surface area (Å²) in [7, 11) is 0. The second kappa shape index (κ2) is 6.20. The van der Waals surface area contributed by atoms with Gasteiger partial charge in [0.15, 0.2) is 0 Å². The summed E-state index contributed by atoms with van der Waals surface area (Å²) >= 11 is 1.45. The van der Waals surface area contributed by atoms with Crippen LogP contribution in [0, 0.1) is 17.8 Å². The molecular weight excluding hydrogens is 322 g/mol. The highest BCUT2D eigenvalue weighted by atomic mass is 32.1. The minimum Gasteiger partial charge on any atom is -0.462 e. The molecule has 0 spiro atoms. The van der Waals surface area contributed by atoms with Crippen molar-refractivity contribution in [1.29, 1.82) is 0 Å². The van der Waals surface area contributed by atoms with Crippen molar-refractivity contribution in [2.75, 3.05) is 11.9 Å². The molecule has 5 heteroatoms. The Labute approximate surface area is 145 Å². The lowest BCUT2D eigenvalue weighted by molar-refractivity contribution is -0.121. The van der Waals surface area contributed by atoms with Crippen molar-refractivity contribution in [2.24, 2.45) is 17.8 Å². The van der Waals surface area contributed by atoms with Crippen molar-refractivity contribution >= 4 is 38.3 Å². The lowest BCUT2D eigenvalue weighted by atomic mass is 9.88. The molecule has 1 aromatic carbocycles. The molecule has 0 radical (unpaired) electrons. The number of hydrogen-bond donors (Lipinski definition) is 1. The van der Waals surface area contributed by atoms with Crippen molar-refractivity contribution in [3.8, 4) is 0 Å². The van der Waals surface area contributed by atoms with E-state index in [4.69, 9.17) is 4.74 Å². The van der Waals surface area contributed by atoms with Gasteiger partial charge in [-0.05, 0) is 44.1 Å². The Morgan fingerprint density at radius 2 is 2.08 bits per heavy atom. The van der Waals surface area contributed by atoms with Gasteiger partial charge in [0.1, 0.15) is 10.6 Å². The van der Waals surface area contributed by atoms with Gasteiger partial charge in [0.05, 0.1) is 6.61 Å². The molecule has 4 rings (SSSR count). The minimum absolute atomic E-state index is 0.0688. The number of carbonyl (C=O) groups is 2. The van der Waals surface area contributed by atoms with E-state index in [9.17, 15) is 9.59 Å². The lowest BCUT2D eigenvalue weighted by Crippen LogP contribution is -2.27. The summed E-state index contributed by atoms with van der Waals surface area (Å²) in [6, 6.07) is 7.72. The maximum Gasteiger partial charge on any atom is 0.341 e. The SMILES string of the molecule is CCOC(=O)c1c(NC(=O)C2CC3CCC2C3)sc2ccccc12. The number of nitrogens with one attached hydrogen (secondary N) is 1. The smallest absolute Gasteiger partial charge is 0.341 e. The van der Waals surface area contributed by atoms with Gasteiger partial charge < -0.3 is 10.1 Å². The molecule has 1 aromatic heterocycles. The molecule has 2 fully saturated rings. The van der Waals surface area contributed by atoms with Crippen LogP contribution in [0.4, 0.5) is 5.00 Å². The third-order valence-electron chi connectivity index (χ3n) is 5.39. The van der Waals surface area contributed by atoms with E-state index in [1.807, 2.05) is 24.3 Å². The monoisotopic (exact) mass is 343 g/mol. The normalized spacial score (nSPS) is 25.1. The van der Waals surface area contributed by atoms with Gasteiger partial charge in [0, 0.05) is 16.0 Å². The van der Waals surface area contributed by atoms with E-state index in [-0.39, 0.29) is 17.8 Å². The van der Waals surface area contributed by atoms with E-state index in [1.165, 1.54) is 30.6 Å². The molecule has 3 unspecified atom stereocenters. The average Bonchev–Trinajstić information content (AvgIpc) is 3.28. The quantitative estimate of drug-likeness (QED) is 0.834. The highest BCUT2D eigenvalue weighted by Crippen LogP contribution is 2.49. The van der Waals surface area contributed by atoms with E-state index in [1.54, 1.807) is 6.92 Å². The van der Waals surface area contributed by atoms with Gasteiger partial charge in [-0.15, -0.1) is 11.3 Å². The first kappa shape index (κ1) is 15.6. The topological polar surface area (TPSA) is 55.4 Å². The molecule has 2 bridgehead atoms. The zero-order chi connectivity index (χ0) is 16.7. The first-order valence-corrected chi connectivity index (χ1v) is 9.48. The highest BCUT2D eigenvalue weighted by Gasteiger charge is 2.43. The second-order valence-electron chi connectivity index (χ2n) is 6.79. The molecule has 0 aliphatic heterocycles. The van der Waals surface area contributed by atoms with Crippen LogP contribution in [0.25, 0.3) is 10.1 Å². The molecule has 0 saturated heterocycles. The van der Waals surface area contributed by atoms with Crippen LogP contribution in [0.15, 0.2) is 24.3 Å². The Hall–Kier alpha value is -1.88. The minimum atomic E-state index is -0.363. The fraction of sp³-hybridized carbons (Fsp3) is 0.474. The van der Waals surface area contributed by atoms with E-state index in [2.05, 4.69) is 5.32 Å². The van der Waals surface area contributed by atoms with Gasteiger partial charge in [-0.2, -0.15) is 0 Å². The highest BCUT2D eigenvalue weighted by molar-refractivity contribution is 7.23.